The number of anilines is 3. The van der Waals surface area contributed by atoms with Gasteiger partial charge >= 0.3 is 0 Å². The van der Waals surface area contributed by atoms with Crippen LogP contribution >= 0.6 is 0 Å². The van der Waals surface area contributed by atoms with Gasteiger partial charge in [-0.05, 0) is 18.9 Å². The number of H-pyrrole nitrogens is 1. The lowest BCUT2D eigenvalue weighted by Crippen LogP contribution is -2.44. The predicted molar refractivity (Wildman–Crippen MR) is 115 cm³/mol. The van der Waals surface area contributed by atoms with Gasteiger partial charge in [0, 0.05) is 32.4 Å². The smallest absolute Gasteiger partial charge is 0.246 e. The van der Waals surface area contributed by atoms with Gasteiger partial charge in [0.25, 0.3) is 0 Å². The lowest BCUT2D eigenvalue weighted by atomic mass is 10.1. The van der Waals surface area contributed by atoms with Crippen LogP contribution in [0, 0.1) is 0 Å². The summed E-state index contributed by atoms with van der Waals surface area (Å²) in [5.74, 6) is 0.761. The van der Waals surface area contributed by atoms with E-state index in [-0.39, 0.29) is 24.4 Å². The Hall–Kier alpha value is -3.96. The number of hydrogen-bond donors (Lipinski definition) is 4. The normalized spacial score (nSPS) is 16.2. The summed E-state index contributed by atoms with van der Waals surface area (Å²) < 4.78 is 1.52. The summed E-state index contributed by atoms with van der Waals surface area (Å²) in [6.45, 7) is 4.98. The van der Waals surface area contributed by atoms with Crippen LogP contribution in [0.3, 0.4) is 0 Å². The van der Waals surface area contributed by atoms with Crippen LogP contribution in [-0.2, 0) is 16.1 Å². The van der Waals surface area contributed by atoms with E-state index in [2.05, 4.69) is 47.8 Å². The van der Waals surface area contributed by atoms with Crippen LogP contribution in [0.4, 0.5) is 17.5 Å². The number of likely N-dealkylation sites (tertiary alicyclic amines) is 1. The standard InChI is InChI=1S/C19H24N10O2/c1-3-16(31)28-6-4-5-12(9-28)23-17-14-8-21-27-18(14)26-19(25-17)24-13-7-22-29(10-13)11-15(30)20-2/h3,7-8,10,12H,1,4-6,9,11H2,2H3,(H,20,30)(H3,21,23,24,25,26,27). The molecule has 1 aliphatic rings. The Morgan fingerprint density at radius 1 is 1.35 bits per heavy atom. The van der Waals surface area contributed by atoms with Crippen molar-refractivity contribution in [2.75, 3.05) is 30.8 Å². The van der Waals surface area contributed by atoms with Crippen molar-refractivity contribution in [1.29, 1.82) is 0 Å². The third kappa shape index (κ3) is 4.63. The molecule has 0 saturated carbocycles. The average Bonchev–Trinajstić information content (AvgIpc) is 3.42. The second-order valence-electron chi connectivity index (χ2n) is 7.22. The van der Waals surface area contributed by atoms with Gasteiger partial charge in [0.05, 0.1) is 23.5 Å². The van der Waals surface area contributed by atoms with Crippen LogP contribution < -0.4 is 16.0 Å². The molecule has 0 radical (unpaired) electrons. The van der Waals surface area contributed by atoms with Gasteiger partial charge in [0.15, 0.2) is 5.65 Å². The van der Waals surface area contributed by atoms with Crippen LogP contribution in [-0.4, -0.2) is 72.8 Å². The first kappa shape index (κ1) is 20.3. The van der Waals surface area contributed by atoms with E-state index in [0.29, 0.717) is 29.6 Å². The van der Waals surface area contributed by atoms with E-state index in [1.54, 1.807) is 30.5 Å². The van der Waals surface area contributed by atoms with Crippen molar-refractivity contribution in [3.05, 3.63) is 31.2 Å². The summed E-state index contributed by atoms with van der Waals surface area (Å²) in [5, 5.41) is 20.9. The molecule has 12 heteroatoms. The van der Waals surface area contributed by atoms with Gasteiger partial charge in [0.2, 0.25) is 17.8 Å². The van der Waals surface area contributed by atoms with E-state index in [9.17, 15) is 9.59 Å². The first-order valence-corrected chi connectivity index (χ1v) is 9.94. The first-order chi connectivity index (χ1) is 15.1. The van der Waals surface area contributed by atoms with Crippen LogP contribution in [0.2, 0.25) is 0 Å². The van der Waals surface area contributed by atoms with Crippen molar-refractivity contribution >= 4 is 40.3 Å². The zero-order chi connectivity index (χ0) is 21.8. The molecule has 1 aliphatic heterocycles. The van der Waals surface area contributed by atoms with Gasteiger partial charge in [-0.15, -0.1) is 0 Å². The van der Waals surface area contributed by atoms with E-state index < -0.39 is 0 Å². The van der Waals surface area contributed by atoms with Gasteiger partial charge in [-0.2, -0.15) is 20.2 Å². The lowest BCUT2D eigenvalue weighted by molar-refractivity contribution is -0.127. The molecule has 0 aromatic carbocycles. The topological polar surface area (TPSA) is 146 Å². The number of likely N-dealkylation sites (N-methyl/N-ethyl adjacent to an activating group) is 1. The van der Waals surface area contributed by atoms with Crippen molar-refractivity contribution in [3.63, 3.8) is 0 Å². The maximum atomic E-state index is 12.0. The molecule has 12 nitrogen and oxygen atoms in total. The molecule has 1 saturated heterocycles. The van der Waals surface area contributed by atoms with Gasteiger partial charge < -0.3 is 20.9 Å². The minimum absolute atomic E-state index is 0.0498. The van der Waals surface area contributed by atoms with Crippen LogP contribution in [0.5, 0.6) is 0 Å². The Labute approximate surface area is 178 Å². The summed E-state index contributed by atoms with van der Waals surface area (Å²) in [6, 6.07) is 0.0498. The molecule has 0 aliphatic carbocycles. The molecule has 3 aromatic rings. The molecular weight excluding hydrogens is 400 g/mol. The highest BCUT2D eigenvalue weighted by molar-refractivity contribution is 5.88. The minimum atomic E-state index is -0.146. The fraction of sp³-hybridized carbons (Fsp3) is 0.368. The van der Waals surface area contributed by atoms with E-state index in [0.717, 1.165) is 24.8 Å². The molecule has 31 heavy (non-hydrogen) atoms. The maximum Gasteiger partial charge on any atom is 0.246 e. The quantitative estimate of drug-likeness (QED) is 0.404. The molecule has 4 N–H and O–H groups in total. The number of fused-ring (bicyclic) bond motifs is 1. The monoisotopic (exact) mass is 424 g/mol. The Morgan fingerprint density at radius 3 is 3.03 bits per heavy atom. The summed E-state index contributed by atoms with van der Waals surface area (Å²) in [5.41, 5.74) is 1.22. The fourth-order valence-electron chi connectivity index (χ4n) is 3.49. The van der Waals surface area contributed by atoms with Crippen molar-refractivity contribution in [3.8, 4) is 0 Å². The second kappa shape index (κ2) is 8.81. The van der Waals surface area contributed by atoms with E-state index in [4.69, 9.17) is 0 Å². The molecular formula is C19H24N10O2. The minimum Gasteiger partial charge on any atom is -0.365 e. The van der Waals surface area contributed by atoms with Crippen LogP contribution in [0.15, 0.2) is 31.2 Å². The third-order valence-electron chi connectivity index (χ3n) is 5.03. The number of carbonyl (C=O) groups excluding carboxylic acids is 2. The number of piperidine rings is 1. The number of nitrogens with zero attached hydrogens (tertiary/aromatic N) is 6. The van der Waals surface area contributed by atoms with Gasteiger partial charge in [-0.3, -0.25) is 19.4 Å². The summed E-state index contributed by atoms with van der Waals surface area (Å²) in [7, 11) is 1.58. The van der Waals surface area contributed by atoms with Gasteiger partial charge in [-0.25, -0.2) is 0 Å². The first-order valence-electron chi connectivity index (χ1n) is 9.94. The predicted octanol–water partition coefficient (Wildman–Crippen LogP) is 0.628. The SMILES string of the molecule is C=CC(=O)N1CCCC(Nc2nc(Nc3cnn(CC(=O)NC)c3)nc3[nH]ncc23)C1. The van der Waals surface area contributed by atoms with Crippen molar-refractivity contribution in [2.24, 2.45) is 0 Å². The third-order valence-corrected chi connectivity index (χ3v) is 5.03. The number of aromatic nitrogens is 6. The number of carbonyl (C=O) groups is 2. The van der Waals surface area contributed by atoms with Crippen LogP contribution in [0.25, 0.3) is 11.0 Å². The van der Waals surface area contributed by atoms with Crippen molar-refractivity contribution in [2.45, 2.75) is 25.4 Å². The van der Waals surface area contributed by atoms with Crippen molar-refractivity contribution < 1.29 is 9.59 Å². The number of nitrogens with one attached hydrogen (secondary N) is 4. The van der Waals surface area contributed by atoms with Crippen molar-refractivity contribution in [1.82, 2.24) is 40.2 Å². The summed E-state index contributed by atoms with van der Waals surface area (Å²) >= 11 is 0. The Bertz CT molecular complexity index is 1100. The second-order valence-corrected chi connectivity index (χ2v) is 7.22. The van der Waals surface area contributed by atoms with Gasteiger partial charge in [-0.1, -0.05) is 6.58 Å². The highest BCUT2D eigenvalue weighted by Crippen LogP contribution is 2.24. The fourth-order valence-corrected chi connectivity index (χ4v) is 3.49. The molecule has 162 valence electrons. The zero-order valence-electron chi connectivity index (χ0n) is 17.1. The number of hydrogen-bond acceptors (Lipinski definition) is 8. The molecule has 4 heterocycles. The number of rotatable bonds is 7. The van der Waals surface area contributed by atoms with E-state index >= 15 is 0 Å². The average molecular weight is 424 g/mol. The lowest BCUT2D eigenvalue weighted by Gasteiger charge is -2.32. The Morgan fingerprint density at radius 2 is 2.23 bits per heavy atom. The number of amides is 2. The molecule has 1 unspecified atom stereocenters. The largest absolute Gasteiger partial charge is 0.365 e. The zero-order valence-corrected chi connectivity index (χ0v) is 17.1. The molecule has 0 spiro atoms. The molecule has 1 fully saturated rings. The number of aromatic amines is 1. The van der Waals surface area contributed by atoms with Gasteiger partial charge in [0.1, 0.15) is 12.4 Å². The molecule has 0 bridgehead atoms. The summed E-state index contributed by atoms with van der Waals surface area (Å²) in [4.78, 5) is 34.3. The van der Waals surface area contributed by atoms with Crippen LogP contribution in [0.1, 0.15) is 12.8 Å². The van der Waals surface area contributed by atoms with E-state index in [1.165, 1.54) is 10.8 Å². The molecule has 4 rings (SSSR count). The molecule has 3 aromatic heterocycles. The Balaban J connectivity index is 1.52. The highest BCUT2D eigenvalue weighted by Gasteiger charge is 2.23. The summed E-state index contributed by atoms with van der Waals surface area (Å²) in [6.07, 6.45) is 8.11. The molecule has 1 atom stereocenters. The maximum absolute atomic E-state index is 12.0. The van der Waals surface area contributed by atoms with E-state index in [1.807, 2.05) is 0 Å². The highest BCUT2D eigenvalue weighted by atomic mass is 16.2. The molecule has 2 amide bonds. The Kier molecular flexibility index (Phi) is 5.78.